The third-order valence-corrected chi connectivity index (χ3v) is 4.20. The molecule has 2 nitrogen and oxygen atoms in total. The number of rotatable bonds is 8. The Bertz CT molecular complexity index is 215. The van der Waals surface area contributed by atoms with Crippen LogP contribution < -0.4 is 5.32 Å². The summed E-state index contributed by atoms with van der Waals surface area (Å²) in [5, 5.41) is 3.77. The zero-order valence-corrected chi connectivity index (χ0v) is 13.8. The van der Waals surface area contributed by atoms with E-state index in [2.05, 4.69) is 37.9 Å². The van der Waals surface area contributed by atoms with Crippen LogP contribution in [0.1, 0.15) is 66.2 Å². The Hall–Kier alpha value is -0.0800. The summed E-state index contributed by atoms with van der Waals surface area (Å²) in [7, 11) is 0. The van der Waals surface area contributed by atoms with Crippen LogP contribution in [0.15, 0.2) is 0 Å². The number of hydrogen-bond donors (Lipinski definition) is 1. The summed E-state index contributed by atoms with van der Waals surface area (Å²) < 4.78 is 0. The standard InChI is InChI=1S/C17H36N2/c1-5-6-7-8-11-19-13-16(4)9-10-17(14-19)18-12-15(2)3/h15-18H,5-14H2,1-4H3/t16-,17+/m1/s1. The summed E-state index contributed by atoms with van der Waals surface area (Å²) >= 11 is 0. The highest BCUT2D eigenvalue weighted by Gasteiger charge is 2.21. The Balaban J connectivity index is 2.31. The molecule has 1 N–H and O–H groups in total. The average Bonchev–Trinajstić information content (AvgIpc) is 2.54. The Morgan fingerprint density at radius 2 is 1.89 bits per heavy atom. The molecule has 0 saturated carbocycles. The number of hydrogen-bond acceptors (Lipinski definition) is 2. The topological polar surface area (TPSA) is 15.3 Å². The van der Waals surface area contributed by atoms with Crippen molar-refractivity contribution in [3.8, 4) is 0 Å². The third-order valence-electron chi connectivity index (χ3n) is 4.20. The molecular formula is C17H36N2. The summed E-state index contributed by atoms with van der Waals surface area (Å²) in [4.78, 5) is 2.71. The van der Waals surface area contributed by atoms with Crippen molar-refractivity contribution in [2.45, 2.75) is 72.3 Å². The first-order valence-electron chi connectivity index (χ1n) is 8.57. The van der Waals surface area contributed by atoms with Crippen molar-refractivity contribution in [3.05, 3.63) is 0 Å². The van der Waals surface area contributed by atoms with Gasteiger partial charge < -0.3 is 10.2 Å². The predicted octanol–water partition coefficient (Wildman–Crippen LogP) is 3.91. The highest BCUT2D eigenvalue weighted by Crippen LogP contribution is 2.17. The molecule has 0 unspecified atom stereocenters. The van der Waals surface area contributed by atoms with Crippen molar-refractivity contribution in [1.82, 2.24) is 10.2 Å². The van der Waals surface area contributed by atoms with Crippen LogP contribution in [-0.4, -0.2) is 37.1 Å². The van der Waals surface area contributed by atoms with Crippen LogP contribution in [0.5, 0.6) is 0 Å². The van der Waals surface area contributed by atoms with Crippen LogP contribution >= 0.6 is 0 Å². The van der Waals surface area contributed by atoms with Gasteiger partial charge in [-0.25, -0.2) is 0 Å². The Kier molecular flexibility index (Phi) is 8.72. The molecule has 2 atom stereocenters. The molecule has 0 aromatic rings. The highest BCUT2D eigenvalue weighted by molar-refractivity contribution is 4.79. The predicted molar refractivity (Wildman–Crippen MR) is 85.6 cm³/mol. The molecule has 1 aliphatic heterocycles. The van der Waals surface area contributed by atoms with Crippen molar-refractivity contribution in [2.75, 3.05) is 26.2 Å². The molecule has 0 aliphatic carbocycles. The molecule has 0 amide bonds. The molecule has 1 saturated heterocycles. The maximum Gasteiger partial charge on any atom is 0.0195 e. The normalized spacial score (nSPS) is 25.7. The van der Waals surface area contributed by atoms with Crippen LogP contribution in [0.3, 0.4) is 0 Å². The summed E-state index contributed by atoms with van der Waals surface area (Å²) in [5.74, 6) is 1.63. The maximum absolute atomic E-state index is 3.77. The van der Waals surface area contributed by atoms with Gasteiger partial charge in [0.1, 0.15) is 0 Å². The van der Waals surface area contributed by atoms with Gasteiger partial charge in [0.2, 0.25) is 0 Å². The molecule has 0 aromatic heterocycles. The van der Waals surface area contributed by atoms with Gasteiger partial charge in [-0.05, 0) is 44.2 Å². The SMILES string of the molecule is CCCCCCN1C[C@H](C)CC[C@H](NCC(C)C)C1. The lowest BCUT2D eigenvalue weighted by molar-refractivity contribution is 0.232. The summed E-state index contributed by atoms with van der Waals surface area (Å²) in [6, 6.07) is 0.721. The van der Waals surface area contributed by atoms with E-state index in [1.54, 1.807) is 0 Å². The van der Waals surface area contributed by atoms with E-state index in [0.29, 0.717) is 0 Å². The van der Waals surface area contributed by atoms with Gasteiger partial charge in [-0.15, -0.1) is 0 Å². The first kappa shape index (κ1) is 17.0. The molecule has 19 heavy (non-hydrogen) atoms. The highest BCUT2D eigenvalue weighted by atomic mass is 15.2. The fourth-order valence-corrected chi connectivity index (χ4v) is 3.01. The Morgan fingerprint density at radius 1 is 1.11 bits per heavy atom. The second kappa shape index (κ2) is 9.77. The molecule has 1 fully saturated rings. The van der Waals surface area contributed by atoms with Crippen LogP contribution in [0.25, 0.3) is 0 Å². The largest absolute Gasteiger partial charge is 0.312 e. The van der Waals surface area contributed by atoms with E-state index in [0.717, 1.165) is 17.9 Å². The molecule has 1 aliphatic rings. The monoisotopic (exact) mass is 268 g/mol. The molecule has 114 valence electrons. The van der Waals surface area contributed by atoms with E-state index in [-0.39, 0.29) is 0 Å². The summed E-state index contributed by atoms with van der Waals surface area (Å²) in [6.45, 7) is 14.4. The van der Waals surface area contributed by atoms with Gasteiger partial charge in [0.05, 0.1) is 0 Å². The van der Waals surface area contributed by atoms with E-state index < -0.39 is 0 Å². The molecule has 1 rings (SSSR count). The van der Waals surface area contributed by atoms with Crippen molar-refractivity contribution < 1.29 is 0 Å². The molecule has 0 aromatic carbocycles. The van der Waals surface area contributed by atoms with Gasteiger partial charge in [-0.1, -0.05) is 47.0 Å². The van der Waals surface area contributed by atoms with Crippen molar-refractivity contribution in [3.63, 3.8) is 0 Å². The number of nitrogens with one attached hydrogen (secondary N) is 1. The molecule has 0 radical (unpaired) electrons. The number of likely N-dealkylation sites (tertiary alicyclic amines) is 1. The minimum atomic E-state index is 0.721. The van der Waals surface area contributed by atoms with Crippen LogP contribution in [0, 0.1) is 11.8 Å². The lowest BCUT2D eigenvalue weighted by Gasteiger charge is -2.26. The van der Waals surface area contributed by atoms with Gasteiger partial charge in [0.15, 0.2) is 0 Å². The summed E-state index contributed by atoms with van der Waals surface area (Å²) in [6.07, 6.45) is 8.29. The van der Waals surface area contributed by atoms with Crippen molar-refractivity contribution >= 4 is 0 Å². The van der Waals surface area contributed by atoms with E-state index in [4.69, 9.17) is 0 Å². The summed E-state index contributed by atoms with van der Waals surface area (Å²) in [5.41, 5.74) is 0. The van der Waals surface area contributed by atoms with Crippen molar-refractivity contribution in [1.29, 1.82) is 0 Å². The second-order valence-corrected chi connectivity index (χ2v) is 7.00. The second-order valence-electron chi connectivity index (χ2n) is 7.00. The van der Waals surface area contributed by atoms with Gasteiger partial charge in [-0.3, -0.25) is 0 Å². The Morgan fingerprint density at radius 3 is 2.58 bits per heavy atom. The van der Waals surface area contributed by atoms with Gasteiger partial charge in [-0.2, -0.15) is 0 Å². The third kappa shape index (κ3) is 7.94. The average molecular weight is 268 g/mol. The van der Waals surface area contributed by atoms with Crippen molar-refractivity contribution in [2.24, 2.45) is 11.8 Å². The first-order chi connectivity index (χ1) is 9.11. The van der Waals surface area contributed by atoms with Gasteiger partial charge in [0, 0.05) is 19.1 Å². The smallest absolute Gasteiger partial charge is 0.0195 e. The zero-order chi connectivity index (χ0) is 14.1. The first-order valence-corrected chi connectivity index (χ1v) is 8.57. The quantitative estimate of drug-likeness (QED) is 0.671. The molecule has 1 heterocycles. The minimum absolute atomic E-state index is 0.721. The van der Waals surface area contributed by atoms with Gasteiger partial charge >= 0.3 is 0 Å². The van der Waals surface area contributed by atoms with E-state index in [1.807, 2.05) is 0 Å². The molecule has 2 heteroatoms. The lowest BCUT2D eigenvalue weighted by Crippen LogP contribution is -2.41. The number of nitrogens with zero attached hydrogens (tertiary/aromatic N) is 1. The zero-order valence-electron chi connectivity index (χ0n) is 13.8. The van der Waals surface area contributed by atoms with Crippen LogP contribution in [0.2, 0.25) is 0 Å². The molecular weight excluding hydrogens is 232 g/mol. The maximum atomic E-state index is 3.77. The Labute approximate surface area is 121 Å². The van der Waals surface area contributed by atoms with Gasteiger partial charge in [0.25, 0.3) is 0 Å². The van der Waals surface area contributed by atoms with E-state index >= 15 is 0 Å². The minimum Gasteiger partial charge on any atom is -0.312 e. The fourth-order valence-electron chi connectivity index (χ4n) is 3.01. The fraction of sp³-hybridized carbons (Fsp3) is 1.00. The number of unbranched alkanes of at least 4 members (excludes halogenated alkanes) is 3. The molecule has 0 spiro atoms. The van der Waals surface area contributed by atoms with Crippen LogP contribution in [0.4, 0.5) is 0 Å². The molecule has 0 bridgehead atoms. The van der Waals surface area contributed by atoms with E-state index in [9.17, 15) is 0 Å². The van der Waals surface area contributed by atoms with E-state index in [1.165, 1.54) is 64.7 Å². The lowest BCUT2D eigenvalue weighted by atomic mass is 10.0. The van der Waals surface area contributed by atoms with Crippen LogP contribution in [-0.2, 0) is 0 Å².